The van der Waals surface area contributed by atoms with Gasteiger partial charge in [0.25, 0.3) is 0 Å². The molecule has 1 fully saturated rings. The van der Waals surface area contributed by atoms with E-state index in [0.29, 0.717) is 5.02 Å². The molecule has 2 rings (SSSR count). The van der Waals surface area contributed by atoms with Gasteiger partial charge in [0.2, 0.25) is 0 Å². The van der Waals surface area contributed by atoms with Crippen molar-refractivity contribution in [3.05, 3.63) is 34.9 Å². The largest absolute Gasteiger partial charge is 0.481 e. The molecule has 1 unspecified atom stereocenters. The number of hydrogen-bond acceptors (Lipinski definition) is 1. The van der Waals surface area contributed by atoms with Crippen molar-refractivity contribution in [3.8, 4) is 0 Å². The van der Waals surface area contributed by atoms with E-state index in [0.717, 1.165) is 5.56 Å². The van der Waals surface area contributed by atoms with Crippen molar-refractivity contribution >= 4 is 17.6 Å². The second kappa shape index (κ2) is 3.28. The number of carboxylic acids is 1. The molecule has 0 aromatic heterocycles. The van der Waals surface area contributed by atoms with Crippen molar-refractivity contribution in [3.63, 3.8) is 0 Å². The molecule has 0 radical (unpaired) electrons. The van der Waals surface area contributed by atoms with Crippen LogP contribution in [-0.2, 0) is 4.79 Å². The molecular weight excluding hydrogens is 200 g/mol. The monoisotopic (exact) mass is 210 g/mol. The van der Waals surface area contributed by atoms with E-state index in [1.807, 2.05) is 19.1 Å². The minimum atomic E-state index is -0.697. The molecule has 1 saturated carbocycles. The molecule has 0 heterocycles. The van der Waals surface area contributed by atoms with Crippen LogP contribution in [0.2, 0.25) is 5.02 Å². The molecule has 1 aromatic rings. The van der Waals surface area contributed by atoms with Crippen LogP contribution in [0, 0.1) is 11.8 Å². The van der Waals surface area contributed by atoms with E-state index in [-0.39, 0.29) is 17.8 Å². The number of aliphatic carboxylic acids is 1. The summed E-state index contributed by atoms with van der Waals surface area (Å²) in [7, 11) is 0. The van der Waals surface area contributed by atoms with E-state index in [4.69, 9.17) is 16.7 Å². The van der Waals surface area contributed by atoms with Crippen LogP contribution in [0.1, 0.15) is 18.4 Å². The van der Waals surface area contributed by atoms with Crippen molar-refractivity contribution in [2.24, 2.45) is 11.8 Å². The molecule has 3 heteroatoms. The molecule has 0 aliphatic heterocycles. The lowest BCUT2D eigenvalue weighted by atomic mass is 10.1. The second-order valence-electron chi connectivity index (χ2n) is 3.80. The summed E-state index contributed by atoms with van der Waals surface area (Å²) in [6.45, 7) is 1.97. The van der Waals surface area contributed by atoms with Gasteiger partial charge in [0.05, 0.1) is 5.92 Å². The van der Waals surface area contributed by atoms with Gasteiger partial charge in [-0.3, -0.25) is 4.79 Å². The third-order valence-electron chi connectivity index (χ3n) is 2.92. The summed E-state index contributed by atoms with van der Waals surface area (Å²) in [6.07, 6.45) is 0. The van der Waals surface area contributed by atoms with Gasteiger partial charge >= 0.3 is 5.97 Å². The van der Waals surface area contributed by atoms with E-state index in [1.54, 1.807) is 12.1 Å². The first-order chi connectivity index (χ1) is 6.61. The Morgan fingerprint density at radius 2 is 1.93 bits per heavy atom. The van der Waals surface area contributed by atoms with Crippen LogP contribution in [0.25, 0.3) is 0 Å². The molecule has 0 bridgehead atoms. The minimum Gasteiger partial charge on any atom is -0.481 e. The predicted octanol–water partition coefficient (Wildman–Crippen LogP) is 2.77. The number of carbonyl (C=O) groups is 1. The Labute approximate surface area is 87.5 Å². The lowest BCUT2D eigenvalue weighted by Crippen LogP contribution is -1.99. The SMILES string of the molecule is C[C@H]1C(c2ccc(Cl)cc2)[C@@H]1C(=O)O. The standard InChI is InChI=1S/C11H11ClO2/c1-6-9(10(6)11(13)14)7-2-4-8(12)5-3-7/h2-6,9-10H,1H3,(H,13,14)/t6-,9?,10+/m0/s1. The van der Waals surface area contributed by atoms with Gasteiger partial charge in [-0.2, -0.15) is 0 Å². The van der Waals surface area contributed by atoms with Crippen molar-refractivity contribution in [1.29, 1.82) is 0 Å². The fourth-order valence-corrected chi connectivity index (χ4v) is 2.16. The number of benzene rings is 1. The number of halogens is 1. The Morgan fingerprint density at radius 3 is 2.36 bits per heavy atom. The highest BCUT2D eigenvalue weighted by Crippen LogP contribution is 2.53. The average Bonchev–Trinajstić information content (AvgIpc) is 2.79. The summed E-state index contributed by atoms with van der Waals surface area (Å²) in [4.78, 5) is 10.8. The van der Waals surface area contributed by atoms with Crippen LogP contribution in [0.5, 0.6) is 0 Å². The fraction of sp³-hybridized carbons (Fsp3) is 0.364. The van der Waals surface area contributed by atoms with E-state index >= 15 is 0 Å². The topological polar surface area (TPSA) is 37.3 Å². The number of carboxylic acid groups (broad SMARTS) is 1. The molecule has 74 valence electrons. The first-order valence-electron chi connectivity index (χ1n) is 4.59. The van der Waals surface area contributed by atoms with Crippen LogP contribution in [0.3, 0.4) is 0 Å². The Hall–Kier alpha value is -1.02. The Bertz CT molecular complexity index is 358. The van der Waals surface area contributed by atoms with E-state index < -0.39 is 5.97 Å². The number of hydrogen-bond donors (Lipinski definition) is 1. The molecule has 1 aliphatic rings. The van der Waals surface area contributed by atoms with Crippen molar-refractivity contribution in [1.82, 2.24) is 0 Å². The Balaban J connectivity index is 2.19. The first kappa shape index (κ1) is 9.53. The summed E-state index contributed by atoms with van der Waals surface area (Å²) < 4.78 is 0. The zero-order valence-corrected chi connectivity index (χ0v) is 8.53. The van der Waals surface area contributed by atoms with Gasteiger partial charge in [-0.15, -0.1) is 0 Å². The summed E-state index contributed by atoms with van der Waals surface area (Å²) >= 11 is 5.76. The molecular formula is C11H11ClO2. The minimum absolute atomic E-state index is 0.171. The lowest BCUT2D eigenvalue weighted by Gasteiger charge is -1.98. The van der Waals surface area contributed by atoms with Gasteiger partial charge in [0, 0.05) is 10.9 Å². The molecule has 1 aromatic carbocycles. The lowest BCUT2D eigenvalue weighted by molar-refractivity contribution is -0.138. The zero-order chi connectivity index (χ0) is 10.3. The molecule has 14 heavy (non-hydrogen) atoms. The normalized spacial score (nSPS) is 30.0. The third-order valence-corrected chi connectivity index (χ3v) is 3.17. The van der Waals surface area contributed by atoms with Gasteiger partial charge in [-0.1, -0.05) is 30.7 Å². The van der Waals surface area contributed by atoms with Crippen LogP contribution in [0.15, 0.2) is 24.3 Å². The molecule has 1 aliphatic carbocycles. The predicted molar refractivity (Wildman–Crippen MR) is 54.5 cm³/mol. The third kappa shape index (κ3) is 1.50. The van der Waals surface area contributed by atoms with E-state index in [9.17, 15) is 4.79 Å². The van der Waals surface area contributed by atoms with Crippen LogP contribution in [-0.4, -0.2) is 11.1 Å². The maximum atomic E-state index is 10.8. The maximum absolute atomic E-state index is 10.8. The van der Waals surface area contributed by atoms with Gasteiger partial charge in [-0.05, 0) is 23.6 Å². The highest BCUT2D eigenvalue weighted by Gasteiger charge is 2.52. The molecule has 0 saturated heterocycles. The maximum Gasteiger partial charge on any atom is 0.307 e. The van der Waals surface area contributed by atoms with Crippen LogP contribution >= 0.6 is 11.6 Å². The summed E-state index contributed by atoms with van der Waals surface area (Å²) in [5.41, 5.74) is 1.08. The Morgan fingerprint density at radius 1 is 1.36 bits per heavy atom. The van der Waals surface area contributed by atoms with Crippen molar-refractivity contribution < 1.29 is 9.90 Å². The summed E-state index contributed by atoms with van der Waals surface area (Å²) in [5, 5.41) is 9.57. The summed E-state index contributed by atoms with van der Waals surface area (Å²) in [6, 6.07) is 7.43. The smallest absolute Gasteiger partial charge is 0.307 e. The van der Waals surface area contributed by atoms with Gasteiger partial charge in [0.15, 0.2) is 0 Å². The highest BCUT2D eigenvalue weighted by molar-refractivity contribution is 6.30. The van der Waals surface area contributed by atoms with Gasteiger partial charge in [-0.25, -0.2) is 0 Å². The molecule has 2 nitrogen and oxygen atoms in total. The molecule has 0 spiro atoms. The molecule has 3 atom stereocenters. The van der Waals surface area contributed by atoms with E-state index in [2.05, 4.69) is 0 Å². The van der Waals surface area contributed by atoms with E-state index in [1.165, 1.54) is 0 Å². The zero-order valence-electron chi connectivity index (χ0n) is 7.77. The number of rotatable bonds is 2. The Kier molecular flexibility index (Phi) is 2.23. The summed E-state index contributed by atoms with van der Waals surface area (Å²) in [5.74, 6) is -0.493. The molecule has 0 amide bonds. The van der Waals surface area contributed by atoms with Crippen molar-refractivity contribution in [2.75, 3.05) is 0 Å². The van der Waals surface area contributed by atoms with Gasteiger partial charge in [0.1, 0.15) is 0 Å². The van der Waals surface area contributed by atoms with Gasteiger partial charge < -0.3 is 5.11 Å². The fourth-order valence-electron chi connectivity index (χ4n) is 2.04. The van der Waals surface area contributed by atoms with Crippen molar-refractivity contribution in [2.45, 2.75) is 12.8 Å². The quantitative estimate of drug-likeness (QED) is 0.815. The van der Waals surface area contributed by atoms with Crippen LogP contribution in [0.4, 0.5) is 0 Å². The first-order valence-corrected chi connectivity index (χ1v) is 4.97. The molecule has 1 N–H and O–H groups in total. The average molecular weight is 211 g/mol. The van der Waals surface area contributed by atoms with Crippen LogP contribution < -0.4 is 0 Å². The highest BCUT2D eigenvalue weighted by atomic mass is 35.5. The second-order valence-corrected chi connectivity index (χ2v) is 4.24.